The van der Waals surface area contributed by atoms with Crippen molar-refractivity contribution in [2.75, 3.05) is 5.75 Å². The normalized spacial score (nSPS) is 19.8. The van der Waals surface area contributed by atoms with Crippen LogP contribution in [-0.2, 0) is 0 Å². The van der Waals surface area contributed by atoms with Gasteiger partial charge < -0.3 is 4.72 Å². The largest absolute Gasteiger partial charge is 0.335 e. The third kappa shape index (κ3) is 0.914. The van der Waals surface area contributed by atoms with Crippen LogP contribution in [0.25, 0.3) is 0 Å². The first kappa shape index (κ1) is 4.53. The predicted molar refractivity (Wildman–Crippen MR) is 32.6 cm³/mol. The molecule has 1 rings (SSSR count). The molecule has 3 heteroatoms. The first-order chi connectivity index (χ1) is 2.89. The highest BCUT2D eigenvalue weighted by atomic mass is 79.9. The molecule has 1 heterocycles. The van der Waals surface area contributed by atoms with Crippen LogP contribution in [0.1, 0.15) is 0 Å². The maximum Gasteiger partial charge on any atom is 0.0464 e. The average molecular weight is 166 g/mol. The standard InChI is InChI=1S/C3H4BrNS/c4-3-1-5-6-2-3/h1,5H,2H2. The van der Waals surface area contributed by atoms with E-state index in [9.17, 15) is 0 Å². The van der Waals surface area contributed by atoms with Crippen LogP contribution < -0.4 is 4.72 Å². The molecule has 0 saturated heterocycles. The molecule has 0 aromatic rings. The van der Waals surface area contributed by atoms with Crippen LogP contribution in [0.15, 0.2) is 10.7 Å². The summed E-state index contributed by atoms with van der Waals surface area (Å²) < 4.78 is 4.22. The maximum absolute atomic E-state index is 3.32. The van der Waals surface area contributed by atoms with E-state index >= 15 is 0 Å². The number of rotatable bonds is 0. The van der Waals surface area contributed by atoms with Crippen LogP contribution in [0, 0.1) is 0 Å². The second-order valence-electron chi connectivity index (χ2n) is 0.998. The molecule has 0 spiro atoms. The molecule has 0 saturated carbocycles. The predicted octanol–water partition coefficient (Wildman–Crippen LogP) is 1.47. The number of nitrogens with one attached hydrogen (secondary N) is 1. The Morgan fingerprint density at radius 3 is 3.00 bits per heavy atom. The fourth-order valence-corrected chi connectivity index (χ4v) is 1.40. The van der Waals surface area contributed by atoms with Gasteiger partial charge >= 0.3 is 0 Å². The summed E-state index contributed by atoms with van der Waals surface area (Å²) in [5.41, 5.74) is 0. The molecule has 0 amide bonds. The first-order valence-electron chi connectivity index (χ1n) is 1.61. The second kappa shape index (κ2) is 1.89. The van der Waals surface area contributed by atoms with Crippen molar-refractivity contribution in [1.82, 2.24) is 4.72 Å². The van der Waals surface area contributed by atoms with Gasteiger partial charge in [-0.15, -0.1) is 0 Å². The highest BCUT2D eigenvalue weighted by molar-refractivity contribution is 9.11. The van der Waals surface area contributed by atoms with Gasteiger partial charge in [-0.3, -0.25) is 0 Å². The molecule has 0 unspecified atom stereocenters. The maximum atomic E-state index is 3.32. The quantitative estimate of drug-likeness (QED) is 0.547. The van der Waals surface area contributed by atoms with Gasteiger partial charge in [0, 0.05) is 16.4 Å². The van der Waals surface area contributed by atoms with E-state index in [0.29, 0.717) is 0 Å². The van der Waals surface area contributed by atoms with Crippen molar-refractivity contribution in [1.29, 1.82) is 0 Å². The minimum absolute atomic E-state index is 1.07. The van der Waals surface area contributed by atoms with Gasteiger partial charge in [0.1, 0.15) is 0 Å². The third-order valence-electron chi connectivity index (χ3n) is 0.509. The summed E-state index contributed by atoms with van der Waals surface area (Å²) in [6, 6.07) is 0. The van der Waals surface area contributed by atoms with Crippen LogP contribution in [0.5, 0.6) is 0 Å². The lowest BCUT2D eigenvalue weighted by Crippen LogP contribution is -1.78. The molecular weight excluding hydrogens is 162 g/mol. The van der Waals surface area contributed by atoms with E-state index in [1.165, 1.54) is 4.48 Å². The molecule has 1 aliphatic rings. The van der Waals surface area contributed by atoms with Crippen molar-refractivity contribution in [3.63, 3.8) is 0 Å². The number of hydrogen-bond acceptors (Lipinski definition) is 2. The Labute approximate surface area is 49.4 Å². The average Bonchev–Trinajstić information content (AvgIpc) is 1.86. The summed E-state index contributed by atoms with van der Waals surface area (Å²) in [5.74, 6) is 1.07. The van der Waals surface area contributed by atoms with E-state index in [1.807, 2.05) is 6.20 Å². The highest BCUT2D eigenvalue weighted by Gasteiger charge is 1.96. The van der Waals surface area contributed by atoms with E-state index < -0.39 is 0 Å². The van der Waals surface area contributed by atoms with Gasteiger partial charge in [-0.2, -0.15) is 0 Å². The van der Waals surface area contributed by atoms with Gasteiger partial charge in [0.2, 0.25) is 0 Å². The van der Waals surface area contributed by atoms with Crippen molar-refractivity contribution in [3.8, 4) is 0 Å². The lowest BCUT2D eigenvalue weighted by molar-refractivity contribution is 1.45. The van der Waals surface area contributed by atoms with Gasteiger partial charge in [-0.05, 0) is 11.9 Å². The Bertz CT molecular complexity index is 80.9. The van der Waals surface area contributed by atoms with Crippen molar-refractivity contribution >= 4 is 27.9 Å². The minimum atomic E-state index is 1.07. The number of hydrogen-bond donors (Lipinski definition) is 1. The monoisotopic (exact) mass is 165 g/mol. The molecule has 0 aliphatic carbocycles. The molecule has 0 aromatic heterocycles. The fraction of sp³-hybridized carbons (Fsp3) is 0.333. The lowest BCUT2D eigenvalue weighted by Gasteiger charge is -1.78. The molecule has 0 fully saturated rings. The Kier molecular flexibility index (Phi) is 1.42. The van der Waals surface area contributed by atoms with Crippen LogP contribution in [0.2, 0.25) is 0 Å². The molecule has 1 nitrogen and oxygen atoms in total. The summed E-state index contributed by atoms with van der Waals surface area (Å²) in [6.07, 6.45) is 1.95. The highest BCUT2D eigenvalue weighted by Crippen LogP contribution is 2.15. The van der Waals surface area contributed by atoms with Crippen LogP contribution in [-0.4, -0.2) is 5.75 Å². The molecule has 0 atom stereocenters. The zero-order chi connectivity index (χ0) is 4.41. The molecular formula is C3H4BrNS. The van der Waals surface area contributed by atoms with E-state index in [0.717, 1.165) is 5.75 Å². The van der Waals surface area contributed by atoms with Crippen LogP contribution in [0.4, 0.5) is 0 Å². The molecule has 0 bridgehead atoms. The Morgan fingerprint density at radius 2 is 2.83 bits per heavy atom. The van der Waals surface area contributed by atoms with E-state index in [2.05, 4.69) is 20.7 Å². The Morgan fingerprint density at radius 1 is 2.00 bits per heavy atom. The van der Waals surface area contributed by atoms with E-state index in [-0.39, 0.29) is 0 Å². The Balaban J connectivity index is 2.45. The Hall–Kier alpha value is 0.370. The lowest BCUT2D eigenvalue weighted by atomic mass is 10.7. The molecule has 0 radical (unpaired) electrons. The van der Waals surface area contributed by atoms with Crippen molar-refractivity contribution in [3.05, 3.63) is 10.7 Å². The van der Waals surface area contributed by atoms with Crippen molar-refractivity contribution in [2.45, 2.75) is 0 Å². The van der Waals surface area contributed by atoms with Gasteiger partial charge in [0.15, 0.2) is 0 Å². The molecule has 1 N–H and O–H groups in total. The second-order valence-corrected chi connectivity index (χ2v) is 2.83. The van der Waals surface area contributed by atoms with Crippen LogP contribution >= 0.6 is 27.9 Å². The zero-order valence-electron chi connectivity index (χ0n) is 3.07. The summed E-state index contributed by atoms with van der Waals surface area (Å²) in [7, 11) is 0. The van der Waals surface area contributed by atoms with E-state index in [1.54, 1.807) is 11.9 Å². The minimum Gasteiger partial charge on any atom is -0.335 e. The zero-order valence-corrected chi connectivity index (χ0v) is 5.47. The smallest absolute Gasteiger partial charge is 0.0464 e. The summed E-state index contributed by atoms with van der Waals surface area (Å²) in [5, 5.41) is 0. The summed E-state index contributed by atoms with van der Waals surface area (Å²) in [4.78, 5) is 0. The van der Waals surface area contributed by atoms with Gasteiger partial charge in [0.05, 0.1) is 0 Å². The first-order valence-corrected chi connectivity index (χ1v) is 3.39. The van der Waals surface area contributed by atoms with Crippen molar-refractivity contribution < 1.29 is 0 Å². The summed E-state index contributed by atoms with van der Waals surface area (Å²) >= 11 is 5.01. The van der Waals surface area contributed by atoms with Crippen molar-refractivity contribution in [2.24, 2.45) is 0 Å². The SMILES string of the molecule is BrC1=CNSC1. The van der Waals surface area contributed by atoms with E-state index in [4.69, 9.17) is 0 Å². The summed E-state index contributed by atoms with van der Waals surface area (Å²) in [6.45, 7) is 0. The molecule has 0 aromatic carbocycles. The third-order valence-corrected chi connectivity index (χ3v) is 2.13. The van der Waals surface area contributed by atoms with Crippen LogP contribution in [0.3, 0.4) is 0 Å². The molecule has 34 valence electrons. The molecule has 6 heavy (non-hydrogen) atoms. The van der Waals surface area contributed by atoms with Gasteiger partial charge in [-0.1, -0.05) is 15.9 Å². The van der Waals surface area contributed by atoms with Gasteiger partial charge in [0.25, 0.3) is 0 Å². The topological polar surface area (TPSA) is 12.0 Å². The van der Waals surface area contributed by atoms with Gasteiger partial charge in [-0.25, -0.2) is 0 Å². The fourth-order valence-electron chi connectivity index (χ4n) is 0.258. The molecule has 1 aliphatic heterocycles. The number of halogens is 1.